The molecule has 0 aliphatic heterocycles. The van der Waals surface area contributed by atoms with E-state index in [0.29, 0.717) is 18.7 Å². The number of alkyl halides is 3. The standard InChI is InChI=1S/C13H18F3NO3/c1-12(18,9-17-6-7-19-2)10-4-3-5-11(8-10)20-13(14,15)16/h3-5,8,17-18H,6-7,9H2,1-2H3. The summed E-state index contributed by atoms with van der Waals surface area (Å²) in [7, 11) is 1.55. The summed E-state index contributed by atoms with van der Waals surface area (Å²) in [5.41, 5.74) is -0.970. The first-order valence-corrected chi connectivity index (χ1v) is 6.03. The summed E-state index contributed by atoms with van der Waals surface area (Å²) in [5.74, 6) is -0.354. The first-order chi connectivity index (χ1) is 9.24. The lowest BCUT2D eigenvalue weighted by molar-refractivity contribution is -0.274. The molecule has 0 aliphatic carbocycles. The number of methoxy groups -OCH3 is 1. The largest absolute Gasteiger partial charge is 0.573 e. The van der Waals surface area contributed by atoms with Gasteiger partial charge in [0.05, 0.1) is 12.2 Å². The summed E-state index contributed by atoms with van der Waals surface area (Å²) in [6.07, 6.45) is -4.75. The van der Waals surface area contributed by atoms with Crippen molar-refractivity contribution in [2.75, 3.05) is 26.8 Å². The van der Waals surface area contributed by atoms with Gasteiger partial charge in [0.15, 0.2) is 0 Å². The number of aliphatic hydroxyl groups is 1. The van der Waals surface area contributed by atoms with E-state index in [9.17, 15) is 18.3 Å². The van der Waals surface area contributed by atoms with E-state index in [2.05, 4.69) is 10.1 Å². The Morgan fingerprint density at radius 1 is 1.30 bits per heavy atom. The Morgan fingerprint density at radius 3 is 2.60 bits per heavy atom. The Balaban J connectivity index is 2.71. The summed E-state index contributed by atoms with van der Waals surface area (Å²) in [5, 5.41) is 13.2. The van der Waals surface area contributed by atoms with Crippen LogP contribution < -0.4 is 10.1 Å². The molecule has 1 aromatic rings. The molecule has 0 amide bonds. The highest BCUT2D eigenvalue weighted by Gasteiger charge is 2.32. The lowest BCUT2D eigenvalue weighted by Gasteiger charge is -2.25. The van der Waals surface area contributed by atoms with Crippen molar-refractivity contribution in [3.05, 3.63) is 29.8 Å². The van der Waals surface area contributed by atoms with Crippen LogP contribution in [0.15, 0.2) is 24.3 Å². The van der Waals surface area contributed by atoms with E-state index in [1.807, 2.05) is 0 Å². The van der Waals surface area contributed by atoms with Crippen LogP contribution in [0, 0.1) is 0 Å². The quantitative estimate of drug-likeness (QED) is 0.755. The number of rotatable bonds is 7. The van der Waals surface area contributed by atoms with Gasteiger partial charge in [0.1, 0.15) is 5.75 Å². The average molecular weight is 293 g/mol. The van der Waals surface area contributed by atoms with E-state index in [1.165, 1.54) is 25.1 Å². The fourth-order valence-corrected chi connectivity index (χ4v) is 1.64. The molecule has 114 valence electrons. The molecular weight excluding hydrogens is 275 g/mol. The van der Waals surface area contributed by atoms with E-state index in [1.54, 1.807) is 13.2 Å². The maximum atomic E-state index is 12.1. The van der Waals surface area contributed by atoms with Crippen LogP contribution in [0.2, 0.25) is 0 Å². The molecule has 0 bridgehead atoms. The Morgan fingerprint density at radius 2 is 2.00 bits per heavy atom. The third kappa shape index (κ3) is 5.77. The lowest BCUT2D eigenvalue weighted by Crippen LogP contribution is -2.36. The van der Waals surface area contributed by atoms with Crippen molar-refractivity contribution >= 4 is 0 Å². The second-order valence-corrected chi connectivity index (χ2v) is 4.52. The third-order valence-corrected chi connectivity index (χ3v) is 2.64. The van der Waals surface area contributed by atoms with Gasteiger partial charge in [-0.25, -0.2) is 0 Å². The van der Waals surface area contributed by atoms with Gasteiger partial charge in [0, 0.05) is 20.2 Å². The summed E-state index contributed by atoms with van der Waals surface area (Å²) in [4.78, 5) is 0. The van der Waals surface area contributed by atoms with E-state index >= 15 is 0 Å². The van der Waals surface area contributed by atoms with Crippen molar-refractivity contribution in [1.29, 1.82) is 0 Å². The number of ether oxygens (including phenoxy) is 2. The summed E-state index contributed by atoms with van der Waals surface area (Å²) in [6.45, 7) is 2.71. The summed E-state index contributed by atoms with van der Waals surface area (Å²) in [6, 6.07) is 5.30. The number of hydrogen-bond acceptors (Lipinski definition) is 4. The fourth-order valence-electron chi connectivity index (χ4n) is 1.64. The fraction of sp³-hybridized carbons (Fsp3) is 0.538. The van der Waals surface area contributed by atoms with Gasteiger partial charge < -0.3 is 19.9 Å². The molecule has 20 heavy (non-hydrogen) atoms. The highest BCUT2D eigenvalue weighted by Crippen LogP contribution is 2.27. The molecule has 2 N–H and O–H groups in total. The van der Waals surface area contributed by atoms with E-state index in [-0.39, 0.29) is 12.3 Å². The highest BCUT2D eigenvalue weighted by atomic mass is 19.4. The van der Waals surface area contributed by atoms with Gasteiger partial charge >= 0.3 is 6.36 Å². The minimum Gasteiger partial charge on any atom is -0.406 e. The van der Waals surface area contributed by atoms with Gasteiger partial charge in [-0.15, -0.1) is 13.2 Å². The van der Waals surface area contributed by atoms with Crippen molar-refractivity contribution in [2.24, 2.45) is 0 Å². The summed E-state index contributed by atoms with van der Waals surface area (Å²) < 4.78 is 45.1. The monoisotopic (exact) mass is 293 g/mol. The molecule has 0 saturated carbocycles. The molecule has 0 radical (unpaired) electrons. The number of hydrogen-bond donors (Lipinski definition) is 2. The molecule has 0 spiro atoms. The number of halogens is 3. The van der Waals surface area contributed by atoms with Crippen molar-refractivity contribution in [3.8, 4) is 5.75 Å². The van der Waals surface area contributed by atoms with Gasteiger partial charge in [0.2, 0.25) is 0 Å². The zero-order chi connectivity index (χ0) is 15.2. The van der Waals surface area contributed by atoms with Crippen LogP contribution in [0.4, 0.5) is 13.2 Å². The van der Waals surface area contributed by atoms with E-state index in [4.69, 9.17) is 4.74 Å². The normalized spacial score (nSPS) is 14.9. The van der Waals surface area contributed by atoms with Crippen molar-refractivity contribution in [3.63, 3.8) is 0 Å². The lowest BCUT2D eigenvalue weighted by atomic mass is 9.96. The van der Waals surface area contributed by atoms with Crippen LogP contribution in [0.3, 0.4) is 0 Å². The smallest absolute Gasteiger partial charge is 0.406 e. The predicted molar refractivity (Wildman–Crippen MR) is 67.4 cm³/mol. The minimum atomic E-state index is -4.75. The number of benzene rings is 1. The SMILES string of the molecule is COCCNCC(C)(O)c1cccc(OC(F)(F)F)c1. The average Bonchev–Trinajstić information content (AvgIpc) is 2.33. The van der Waals surface area contributed by atoms with Crippen LogP contribution >= 0.6 is 0 Å². The zero-order valence-corrected chi connectivity index (χ0v) is 11.3. The van der Waals surface area contributed by atoms with Gasteiger partial charge in [-0.3, -0.25) is 0 Å². The molecule has 0 aromatic heterocycles. The van der Waals surface area contributed by atoms with Crippen LogP contribution in [-0.2, 0) is 10.3 Å². The van der Waals surface area contributed by atoms with Crippen LogP contribution in [0.5, 0.6) is 5.75 Å². The minimum absolute atomic E-state index is 0.186. The van der Waals surface area contributed by atoms with E-state index < -0.39 is 12.0 Å². The maximum Gasteiger partial charge on any atom is 0.573 e. The molecule has 0 saturated heterocycles. The first kappa shape index (κ1) is 16.7. The zero-order valence-electron chi connectivity index (χ0n) is 11.3. The Kier molecular flexibility index (Phi) is 5.79. The molecule has 1 rings (SSSR count). The molecule has 1 unspecified atom stereocenters. The van der Waals surface area contributed by atoms with Gasteiger partial charge in [-0.05, 0) is 24.6 Å². The molecule has 0 fully saturated rings. The Labute approximate surface area is 115 Å². The molecular formula is C13H18F3NO3. The second kappa shape index (κ2) is 6.92. The summed E-state index contributed by atoms with van der Waals surface area (Å²) >= 11 is 0. The van der Waals surface area contributed by atoms with Crippen molar-refractivity contribution in [1.82, 2.24) is 5.32 Å². The first-order valence-electron chi connectivity index (χ1n) is 6.03. The third-order valence-electron chi connectivity index (χ3n) is 2.64. The van der Waals surface area contributed by atoms with Gasteiger partial charge in [-0.2, -0.15) is 0 Å². The molecule has 0 aliphatic rings. The number of nitrogens with one attached hydrogen (secondary N) is 1. The Bertz CT molecular complexity index is 422. The molecule has 7 heteroatoms. The predicted octanol–water partition coefficient (Wildman–Crippen LogP) is 2.03. The molecule has 4 nitrogen and oxygen atoms in total. The topological polar surface area (TPSA) is 50.7 Å². The molecule has 1 atom stereocenters. The van der Waals surface area contributed by atoms with Crippen LogP contribution in [0.1, 0.15) is 12.5 Å². The van der Waals surface area contributed by atoms with Crippen LogP contribution in [-0.4, -0.2) is 38.3 Å². The maximum absolute atomic E-state index is 12.1. The molecule has 1 aromatic carbocycles. The van der Waals surface area contributed by atoms with Crippen molar-refractivity contribution in [2.45, 2.75) is 18.9 Å². The highest BCUT2D eigenvalue weighted by molar-refractivity contribution is 5.32. The Hall–Kier alpha value is -1.31. The second-order valence-electron chi connectivity index (χ2n) is 4.52. The van der Waals surface area contributed by atoms with Crippen molar-refractivity contribution < 1.29 is 27.8 Å². The van der Waals surface area contributed by atoms with E-state index in [0.717, 1.165) is 0 Å². The molecule has 0 heterocycles. The van der Waals surface area contributed by atoms with Gasteiger partial charge in [-0.1, -0.05) is 12.1 Å². The van der Waals surface area contributed by atoms with Crippen LogP contribution in [0.25, 0.3) is 0 Å². The van der Waals surface area contributed by atoms with Gasteiger partial charge in [0.25, 0.3) is 0 Å².